The summed E-state index contributed by atoms with van der Waals surface area (Å²) in [6, 6.07) is 8.25. The molecule has 2 atom stereocenters. The molecule has 0 unspecified atom stereocenters. The Labute approximate surface area is 178 Å². The zero-order chi connectivity index (χ0) is 22.8. The van der Waals surface area contributed by atoms with Crippen molar-refractivity contribution in [2.24, 2.45) is 0 Å². The molecule has 3 rings (SSSR count). The molecule has 1 aliphatic heterocycles. The molecule has 8 nitrogen and oxygen atoms in total. The zero-order valence-corrected chi connectivity index (χ0v) is 17.0. The van der Waals surface area contributed by atoms with Crippen LogP contribution in [-0.2, 0) is 22.6 Å². The molecule has 1 aliphatic rings. The molecule has 3 N–H and O–H groups in total. The third-order valence-electron chi connectivity index (χ3n) is 4.53. The number of rotatable bonds is 6. The molecular formula is C21H25F2N3O5. The Kier molecular flexibility index (Phi) is 9.29. The maximum absolute atomic E-state index is 13.3. The molecule has 0 spiro atoms. The predicted molar refractivity (Wildman–Crippen MR) is 107 cm³/mol. The van der Waals surface area contributed by atoms with Crippen LogP contribution in [0.1, 0.15) is 17.7 Å². The number of amides is 1. The Morgan fingerprint density at radius 3 is 2.61 bits per heavy atom. The first-order valence-corrected chi connectivity index (χ1v) is 9.55. The first-order valence-electron chi connectivity index (χ1n) is 9.55. The number of carbonyl (C=O) groups is 2. The van der Waals surface area contributed by atoms with Gasteiger partial charge in [0.15, 0.2) is 0 Å². The highest BCUT2D eigenvalue weighted by atomic mass is 19.1. The van der Waals surface area contributed by atoms with E-state index in [1.165, 1.54) is 0 Å². The number of hydrogen-bond donors (Lipinski definition) is 3. The summed E-state index contributed by atoms with van der Waals surface area (Å²) in [6.45, 7) is 1.27. The van der Waals surface area contributed by atoms with Gasteiger partial charge in [-0.25, -0.2) is 13.8 Å². The number of β-amino-alcohol motifs (C(OH)–C–C–N with tert-alkyl or cyclic N) is 1. The summed E-state index contributed by atoms with van der Waals surface area (Å²) in [6.07, 6.45) is -0.291. The average Bonchev–Trinajstić information content (AvgIpc) is 2.67. The Morgan fingerprint density at radius 2 is 1.97 bits per heavy atom. The van der Waals surface area contributed by atoms with E-state index in [0.717, 1.165) is 23.9 Å². The van der Waals surface area contributed by atoms with Gasteiger partial charge in [0, 0.05) is 37.8 Å². The summed E-state index contributed by atoms with van der Waals surface area (Å²) < 4.78 is 31.7. The minimum atomic E-state index is -0.715. The summed E-state index contributed by atoms with van der Waals surface area (Å²) in [5.41, 5.74) is 1.07. The topological polar surface area (TPSA) is 112 Å². The number of halogens is 2. The fourth-order valence-corrected chi connectivity index (χ4v) is 3.46. The first kappa shape index (κ1) is 24.2. The number of aliphatic hydroxyl groups is 1. The number of methoxy groups -OCH3 is 1. The lowest BCUT2D eigenvalue weighted by molar-refractivity contribution is -0.123. The van der Waals surface area contributed by atoms with E-state index in [-0.39, 0.29) is 30.4 Å². The standard InChI is InChI=1S/C20H23F2N3O3.CH2O2/c1-28-20-4-2-3-16(24-20)10-25-11-17(9-18(26)12-25)23-19(27)7-13-5-14(21)8-15(22)6-13;2-1-3/h2-6,8,17-18,26H,7,9-12H2,1H3,(H,23,27);1H,(H,2,3)/t17-,18+;/m0./s1. The quantitative estimate of drug-likeness (QED) is 0.585. The molecule has 0 aliphatic carbocycles. The molecule has 2 heterocycles. The Balaban J connectivity index is 0.00000107. The van der Waals surface area contributed by atoms with Crippen molar-refractivity contribution in [1.29, 1.82) is 0 Å². The molecular weight excluding hydrogens is 412 g/mol. The molecule has 1 aromatic heterocycles. The maximum atomic E-state index is 13.3. The number of nitrogens with one attached hydrogen (secondary N) is 1. The summed E-state index contributed by atoms with van der Waals surface area (Å²) in [7, 11) is 1.55. The van der Waals surface area contributed by atoms with Gasteiger partial charge in [0.2, 0.25) is 11.8 Å². The van der Waals surface area contributed by atoms with Crippen molar-refractivity contribution in [3.8, 4) is 5.88 Å². The molecule has 1 amide bonds. The van der Waals surface area contributed by atoms with Gasteiger partial charge in [-0.05, 0) is 30.2 Å². The summed E-state index contributed by atoms with van der Waals surface area (Å²) in [5, 5.41) is 19.9. The number of hydrogen-bond acceptors (Lipinski definition) is 6. The predicted octanol–water partition coefficient (Wildman–Crippen LogP) is 1.36. The second kappa shape index (κ2) is 11.9. The van der Waals surface area contributed by atoms with Gasteiger partial charge in [0.1, 0.15) is 11.6 Å². The Hall–Kier alpha value is -3.11. The number of pyridine rings is 1. The van der Waals surface area contributed by atoms with Gasteiger partial charge in [-0.1, -0.05) is 6.07 Å². The lowest BCUT2D eigenvalue weighted by atomic mass is 10.0. The van der Waals surface area contributed by atoms with Crippen molar-refractivity contribution in [2.75, 3.05) is 20.2 Å². The monoisotopic (exact) mass is 437 g/mol. The highest BCUT2D eigenvalue weighted by Crippen LogP contribution is 2.16. The minimum Gasteiger partial charge on any atom is -0.483 e. The van der Waals surface area contributed by atoms with Crippen molar-refractivity contribution < 1.29 is 33.3 Å². The van der Waals surface area contributed by atoms with Gasteiger partial charge in [0.05, 0.1) is 25.3 Å². The van der Waals surface area contributed by atoms with E-state index in [1.54, 1.807) is 13.2 Å². The Bertz CT molecular complexity index is 864. The summed E-state index contributed by atoms with van der Waals surface area (Å²) >= 11 is 0. The van der Waals surface area contributed by atoms with Gasteiger partial charge in [-0.15, -0.1) is 0 Å². The van der Waals surface area contributed by atoms with Gasteiger partial charge in [-0.3, -0.25) is 14.5 Å². The largest absolute Gasteiger partial charge is 0.483 e. The lowest BCUT2D eigenvalue weighted by Gasteiger charge is -2.35. The van der Waals surface area contributed by atoms with Crippen molar-refractivity contribution in [3.05, 3.63) is 59.3 Å². The van der Waals surface area contributed by atoms with Crippen molar-refractivity contribution in [3.63, 3.8) is 0 Å². The molecule has 2 aromatic rings. The van der Waals surface area contributed by atoms with Gasteiger partial charge < -0.3 is 20.3 Å². The van der Waals surface area contributed by atoms with Gasteiger partial charge in [0.25, 0.3) is 6.47 Å². The molecule has 0 bridgehead atoms. The maximum Gasteiger partial charge on any atom is 0.290 e. The smallest absolute Gasteiger partial charge is 0.290 e. The SMILES string of the molecule is COc1cccc(CN2C[C@H](O)C[C@H](NC(=O)Cc3cc(F)cc(F)c3)C2)n1.O=CO. The molecule has 168 valence electrons. The molecule has 1 aromatic carbocycles. The van der Waals surface area contributed by atoms with E-state index >= 15 is 0 Å². The molecule has 0 saturated carbocycles. The normalized spacial score (nSPS) is 18.5. The van der Waals surface area contributed by atoms with Crippen LogP contribution in [0.15, 0.2) is 36.4 Å². The van der Waals surface area contributed by atoms with Crippen LogP contribution in [0.3, 0.4) is 0 Å². The highest BCUT2D eigenvalue weighted by molar-refractivity contribution is 5.78. The summed E-state index contributed by atoms with van der Waals surface area (Å²) in [5.74, 6) is -1.26. The van der Waals surface area contributed by atoms with Crippen LogP contribution in [-0.4, -0.2) is 64.8 Å². The van der Waals surface area contributed by atoms with E-state index in [4.69, 9.17) is 14.6 Å². The van der Waals surface area contributed by atoms with Crippen LogP contribution >= 0.6 is 0 Å². The summed E-state index contributed by atoms with van der Waals surface area (Å²) in [4.78, 5) is 27.0. The molecule has 0 radical (unpaired) electrons. The number of benzene rings is 1. The van der Waals surface area contributed by atoms with Crippen molar-refractivity contribution in [1.82, 2.24) is 15.2 Å². The second-order valence-electron chi connectivity index (χ2n) is 7.08. The number of ether oxygens (including phenoxy) is 1. The fraction of sp³-hybridized carbons (Fsp3) is 0.381. The van der Waals surface area contributed by atoms with Crippen LogP contribution in [0.5, 0.6) is 5.88 Å². The van der Waals surface area contributed by atoms with Crippen molar-refractivity contribution >= 4 is 12.4 Å². The third kappa shape index (κ3) is 8.27. The fourth-order valence-electron chi connectivity index (χ4n) is 3.46. The number of likely N-dealkylation sites (tertiary alicyclic amines) is 1. The van der Waals surface area contributed by atoms with E-state index < -0.39 is 17.7 Å². The van der Waals surface area contributed by atoms with Crippen LogP contribution in [0.4, 0.5) is 8.78 Å². The van der Waals surface area contributed by atoms with Crippen LogP contribution in [0.2, 0.25) is 0 Å². The van der Waals surface area contributed by atoms with E-state index in [0.29, 0.717) is 31.9 Å². The van der Waals surface area contributed by atoms with Gasteiger partial charge >= 0.3 is 0 Å². The van der Waals surface area contributed by atoms with Crippen LogP contribution < -0.4 is 10.1 Å². The molecule has 31 heavy (non-hydrogen) atoms. The van der Waals surface area contributed by atoms with Crippen molar-refractivity contribution in [2.45, 2.75) is 31.5 Å². The molecule has 1 saturated heterocycles. The van der Waals surface area contributed by atoms with E-state index in [2.05, 4.69) is 10.3 Å². The average molecular weight is 437 g/mol. The minimum absolute atomic E-state index is 0.126. The number of aliphatic hydroxyl groups excluding tert-OH is 1. The number of carboxylic acid groups (broad SMARTS) is 1. The van der Waals surface area contributed by atoms with Crippen LogP contribution in [0.25, 0.3) is 0 Å². The second-order valence-corrected chi connectivity index (χ2v) is 7.08. The Morgan fingerprint density at radius 1 is 1.29 bits per heavy atom. The highest BCUT2D eigenvalue weighted by Gasteiger charge is 2.27. The van der Waals surface area contributed by atoms with Crippen LogP contribution in [0, 0.1) is 11.6 Å². The number of aromatic nitrogens is 1. The number of nitrogens with zero attached hydrogens (tertiary/aromatic N) is 2. The lowest BCUT2D eigenvalue weighted by Crippen LogP contribution is -2.52. The zero-order valence-electron chi connectivity index (χ0n) is 17.0. The first-order chi connectivity index (χ1) is 14.8. The van der Waals surface area contributed by atoms with E-state index in [9.17, 15) is 18.7 Å². The third-order valence-corrected chi connectivity index (χ3v) is 4.53. The molecule has 10 heteroatoms. The van der Waals surface area contributed by atoms with Gasteiger partial charge in [-0.2, -0.15) is 0 Å². The molecule has 1 fully saturated rings. The number of piperidine rings is 1. The number of carbonyl (C=O) groups excluding carboxylic acids is 1. The van der Waals surface area contributed by atoms with E-state index in [1.807, 2.05) is 17.0 Å².